The van der Waals surface area contributed by atoms with Gasteiger partial charge in [0.15, 0.2) is 18.1 Å². The number of Topliss-reactive ketones (excluding diaryl/α,β-unsaturated/α-hetero) is 1. The van der Waals surface area contributed by atoms with Crippen LogP contribution < -0.4 is 4.74 Å². The number of hydrogen-bond acceptors (Lipinski definition) is 3. The van der Waals surface area contributed by atoms with Crippen molar-refractivity contribution < 1.29 is 14.6 Å². The van der Waals surface area contributed by atoms with E-state index in [4.69, 9.17) is 4.74 Å². The molecule has 0 amide bonds. The SMILES string of the molecule is O=C1COc2c(O)cccc21. The molecule has 3 nitrogen and oxygen atoms in total. The summed E-state index contributed by atoms with van der Waals surface area (Å²) in [6.07, 6.45) is 0. The lowest BCUT2D eigenvalue weighted by Crippen LogP contribution is -1.98. The van der Waals surface area contributed by atoms with Gasteiger partial charge >= 0.3 is 0 Å². The van der Waals surface area contributed by atoms with Crippen LogP contribution in [0.15, 0.2) is 18.2 Å². The topological polar surface area (TPSA) is 46.5 Å². The van der Waals surface area contributed by atoms with E-state index < -0.39 is 0 Å². The first-order valence-corrected chi connectivity index (χ1v) is 3.27. The van der Waals surface area contributed by atoms with Crippen molar-refractivity contribution in [1.82, 2.24) is 0 Å². The molecule has 1 aliphatic rings. The predicted molar refractivity (Wildman–Crippen MR) is 37.9 cm³/mol. The Bertz CT molecular complexity index is 317. The number of hydrogen-bond donors (Lipinski definition) is 1. The number of phenols is 1. The first kappa shape index (κ1) is 6.22. The van der Waals surface area contributed by atoms with E-state index in [2.05, 4.69) is 0 Å². The number of fused-ring (bicyclic) bond motifs is 1. The van der Waals surface area contributed by atoms with E-state index >= 15 is 0 Å². The van der Waals surface area contributed by atoms with Crippen molar-refractivity contribution in [2.24, 2.45) is 0 Å². The fourth-order valence-electron chi connectivity index (χ4n) is 1.11. The number of ketones is 1. The summed E-state index contributed by atoms with van der Waals surface area (Å²) in [6.45, 7) is 0.0485. The van der Waals surface area contributed by atoms with Crippen LogP contribution in [0, 0.1) is 0 Å². The second-order valence-corrected chi connectivity index (χ2v) is 2.37. The molecule has 0 spiro atoms. The molecule has 56 valence electrons. The van der Waals surface area contributed by atoms with Crippen LogP contribution in [0.5, 0.6) is 11.5 Å². The summed E-state index contributed by atoms with van der Waals surface area (Å²) in [5, 5.41) is 9.17. The largest absolute Gasteiger partial charge is 0.504 e. The van der Waals surface area contributed by atoms with Crippen molar-refractivity contribution in [3.05, 3.63) is 23.8 Å². The van der Waals surface area contributed by atoms with Crippen molar-refractivity contribution in [1.29, 1.82) is 0 Å². The Morgan fingerprint density at radius 2 is 2.27 bits per heavy atom. The van der Waals surface area contributed by atoms with Gasteiger partial charge in [0.1, 0.15) is 0 Å². The zero-order valence-electron chi connectivity index (χ0n) is 5.70. The Morgan fingerprint density at radius 3 is 3.00 bits per heavy atom. The van der Waals surface area contributed by atoms with Crippen LogP contribution in [0.3, 0.4) is 0 Å². The summed E-state index contributed by atoms with van der Waals surface area (Å²) in [7, 11) is 0. The molecule has 0 saturated heterocycles. The van der Waals surface area contributed by atoms with Crippen LogP contribution in [0.25, 0.3) is 0 Å². The molecule has 1 aromatic carbocycles. The lowest BCUT2D eigenvalue weighted by molar-refractivity contribution is 0.0961. The molecule has 3 heteroatoms. The molecule has 0 bridgehead atoms. The summed E-state index contributed by atoms with van der Waals surface area (Å²) < 4.78 is 4.94. The average Bonchev–Trinajstić information content (AvgIpc) is 2.35. The molecule has 1 N–H and O–H groups in total. The number of aromatic hydroxyl groups is 1. The molecular weight excluding hydrogens is 144 g/mol. The molecule has 2 rings (SSSR count). The van der Waals surface area contributed by atoms with Gasteiger partial charge in [-0.05, 0) is 12.1 Å². The molecule has 0 aliphatic carbocycles. The number of carbonyl (C=O) groups is 1. The summed E-state index contributed by atoms with van der Waals surface area (Å²) in [5.74, 6) is 0.279. The highest BCUT2D eigenvalue weighted by atomic mass is 16.5. The standard InChI is InChI=1S/C8H6O3/c9-6-3-1-2-5-7(10)4-11-8(5)6/h1-3,9H,4H2. The third-order valence-electron chi connectivity index (χ3n) is 1.64. The minimum Gasteiger partial charge on any atom is -0.504 e. The number of carbonyl (C=O) groups excluding carboxylic acids is 1. The number of phenolic OH excluding ortho intramolecular Hbond substituents is 1. The van der Waals surface area contributed by atoms with E-state index in [-0.39, 0.29) is 18.1 Å². The van der Waals surface area contributed by atoms with Crippen molar-refractivity contribution in [2.75, 3.05) is 6.61 Å². The molecule has 0 atom stereocenters. The molecule has 0 radical (unpaired) electrons. The second-order valence-electron chi connectivity index (χ2n) is 2.37. The fraction of sp³-hybridized carbons (Fsp3) is 0.125. The first-order valence-electron chi connectivity index (χ1n) is 3.27. The molecule has 0 unspecified atom stereocenters. The van der Waals surface area contributed by atoms with Crippen LogP contribution in [0.2, 0.25) is 0 Å². The Morgan fingerprint density at radius 1 is 1.45 bits per heavy atom. The summed E-state index contributed by atoms with van der Waals surface area (Å²) in [5.41, 5.74) is 0.477. The summed E-state index contributed by atoms with van der Waals surface area (Å²) in [4.78, 5) is 11.0. The molecule has 0 aromatic heterocycles. The van der Waals surface area contributed by atoms with E-state index in [1.54, 1.807) is 12.1 Å². The molecule has 1 heterocycles. The smallest absolute Gasteiger partial charge is 0.204 e. The van der Waals surface area contributed by atoms with Crippen LogP contribution in [0.4, 0.5) is 0 Å². The molecule has 1 aliphatic heterocycles. The first-order chi connectivity index (χ1) is 5.29. The predicted octanol–water partition coefficient (Wildman–Crippen LogP) is 0.967. The number of rotatable bonds is 0. The van der Waals surface area contributed by atoms with Gasteiger partial charge in [-0.1, -0.05) is 6.07 Å². The zero-order chi connectivity index (χ0) is 7.84. The van der Waals surface area contributed by atoms with E-state index in [1.807, 2.05) is 0 Å². The van der Waals surface area contributed by atoms with Crippen molar-refractivity contribution in [3.8, 4) is 11.5 Å². The lowest BCUT2D eigenvalue weighted by Gasteiger charge is -1.97. The Hall–Kier alpha value is -1.51. The van der Waals surface area contributed by atoms with Gasteiger partial charge in [-0.15, -0.1) is 0 Å². The quantitative estimate of drug-likeness (QED) is 0.599. The summed E-state index contributed by atoms with van der Waals surface area (Å²) >= 11 is 0. The van der Waals surface area contributed by atoms with Crippen molar-refractivity contribution in [2.45, 2.75) is 0 Å². The van der Waals surface area contributed by atoms with E-state index in [1.165, 1.54) is 6.07 Å². The van der Waals surface area contributed by atoms with Crippen LogP contribution in [-0.2, 0) is 0 Å². The van der Waals surface area contributed by atoms with Crippen molar-refractivity contribution in [3.63, 3.8) is 0 Å². The highest BCUT2D eigenvalue weighted by molar-refractivity contribution is 6.02. The van der Waals surface area contributed by atoms with Crippen LogP contribution in [-0.4, -0.2) is 17.5 Å². The Balaban J connectivity index is 2.66. The number of benzene rings is 1. The maximum atomic E-state index is 11.0. The number of ether oxygens (including phenoxy) is 1. The van der Waals surface area contributed by atoms with Gasteiger partial charge < -0.3 is 9.84 Å². The average molecular weight is 150 g/mol. The normalized spacial score (nSPS) is 14.4. The Kier molecular flexibility index (Phi) is 1.12. The molecular formula is C8H6O3. The van der Waals surface area contributed by atoms with Gasteiger partial charge in [0.05, 0.1) is 5.56 Å². The van der Waals surface area contributed by atoms with Crippen LogP contribution in [0.1, 0.15) is 10.4 Å². The lowest BCUT2D eigenvalue weighted by atomic mass is 10.1. The van der Waals surface area contributed by atoms with Gasteiger partial charge in [0.25, 0.3) is 0 Å². The van der Waals surface area contributed by atoms with Gasteiger partial charge in [-0.3, -0.25) is 4.79 Å². The third-order valence-corrected chi connectivity index (χ3v) is 1.64. The number of para-hydroxylation sites is 1. The Labute approximate surface area is 63.2 Å². The second kappa shape index (κ2) is 1.99. The fourth-order valence-corrected chi connectivity index (χ4v) is 1.11. The minimum absolute atomic E-state index is 0.0355. The summed E-state index contributed by atoms with van der Waals surface area (Å²) in [6, 6.07) is 4.77. The van der Waals surface area contributed by atoms with Crippen molar-refractivity contribution >= 4 is 5.78 Å². The van der Waals surface area contributed by atoms with E-state index in [0.29, 0.717) is 11.3 Å². The third kappa shape index (κ3) is 0.774. The van der Waals surface area contributed by atoms with Gasteiger partial charge in [-0.25, -0.2) is 0 Å². The van der Waals surface area contributed by atoms with Gasteiger partial charge in [0.2, 0.25) is 5.78 Å². The monoisotopic (exact) mass is 150 g/mol. The zero-order valence-corrected chi connectivity index (χ0v) is 5.70. The maximum absolute atomic E-state index is 11.0. The molecule has 0 fully saturated rings. The molecule has 0 saturated carbocycles. The van der Waals surface area contributed by atoms with E-state index in [9.17, 15) is 9.90 Å². The molecule has 1 aromatic rings. The maximum Gasteiger partial charge on any atom is 0.204 e. The van der Waals surface area contributed by atoms with E-state index in [0.717, 1.165) is 0 Å². The highest BCUT2D eigenvalue weighted by Gasteiger charge is 2.23. The highest BCUT2D eigenvalue weighted by Crippen LogP contribution is 2.33. The molecule has 11 heavy (non-hydrogen) atoms. The van der Waals surface area contributed by atoms with Gasteiger partial charge in [-0.2, -0.15) is 0 Å². The minimum atomic E-state index is -0.0732. The van der Waals surface area contributed by atoms with Crippen LogP contribution >= 0.6 is 0 Å². The van der Waals surface area contributed by atoms with Gasteiger partial charge in [0, 0.05) is 0 Å².